The van der Waals surface area contributed by atoms with Crippen LogP contribution in [0.25, 0.3) is 0 Å². The van der Waals surface area contributed by atoms with Crippen molar-refractivity contribution in [3.05, 3.63) is 70.0 Å². The number of hydrogen-bond acceptors (Lipinski definition) is 1. The predicted molar refractivity (Wildman–Crippen MR) is 80.8 cm³/mol. The van der Waals surface area contributed by atoms with Gasteiger partial charge in [0.1, 0.15) is 5.82 Å². The Hall–Kier alpha value is -1.38. The van der Waals surface area contributed by atoms with Gasteiger partial charge in [-0.2, -0.15) is 0 Å². The minimum Gasteiger partial charge on any atom is -0.315 e. The molecule has 0 atom stereocenters. The molecule has 1 saturated heterocycles. The second-order valence-corrected chi connectivity index (χ2v) is 6.07. The van der Waals surface area contributed by atoms with Crippen LogP contribution < -0.4 is 5.32 Å². The normalized spacial score (nSPS) is 16.8. The standard InChI is InChI=1S/C17H17ClFN/c1-12-2-3-13(16(18)8-12)9-17(10-20-11-17)14-4-6-15(19)7-5-14/h2-8,20H,9-11H2,1H3. The molecular weight excluding hydrogens is 273 g/mol. The Kier molecular flexibility index (Phi) is 3.53. The highest BCUT2D eigenvalue weighted by molar-refractivity contribution is 6.31. The lowest BCUT2D eigenvalue weighted by Gasteiger charge is -2.43. The summed E-state index contributed by atoms with van der Waals surface area (Å²) in [5, 5.41) is 4.15. The number of benzene rings is 2. The summed E-state index contributed by atoms with van der Waals surface area (Å²) < 4.78 is 13.1. The molecule has 104 valence electrons. The molecule has 1 nitrogen and oxygen atoms in total. The van der Waals surface area contributed by atoms with Crippen molar-refractivity contribution in [1.29, 1.82) is 0 Å². The fourth-order valence-corrected chi connectivity index (χ4v) is 3.12. The Morgan fingerprint density at radius 3 is 2.40 bits per heavy atom. The van der Waals surface area contributed by atoms with Gasteiger partial charge in [0.05, 0.1) is 0 Å². The van der Waals surface area contributed by atoms with Crippen LogP contribution in [-0.2, 0) is 11.8 Å². The van der Waals surface area contributed by atoms with E-state index in [1.807, 2.05) is 25.1 Å². The lowest BCUT2D eigenvalue weighted by molar-refractivity contribution is 0.274. The van der Waals surface area contributed by atoms with Crippen LogP contribution in [-0.4, -0.2) is 13.1 Å². The Bertz CT molecular complexity index is 617. The lowest BCUT2D eigenvalue weighted by atomic mass is 9.71. The van der Waals surface area contributed by atoms with Crippen molar-refractivity contribution in [3.8, 4) is 0 Å². The Morgan fingerprint density at radius 2 is 1.85 bits per heavy atom. The number of hydrogen-bond donors (Lipinski definition) is 1. The summed E-state index contributed by atoms with van der Waals surface area (Å²) in [6.45, 7) is 3.85. The van der Waals surface area contributed by atoms with Crippen LogP contribution in [0.1, 0.15) is 16.7 Å². The van der Waals surface area contributed by atoms with Crippen LogP contribution in [0.15, 0.2) is 42.5 Å². The molecular formula is C17H17ClFN. The van der Waals surface area contributed by atoms with Crippen LogP contribution in [0.3, 0.4) is 0 Å². The number of halogens is 2. The van der Waals surface area contributed by atoms with Gasteiger partial charge in [0, 0.05) is 23.5 Å². The van der Waals surface area contributed by atoms with Gasteiger partial charge >= 0.3 is 0 Å². The van der Waals surface area contributed by atoms with Crippen LogP contribution in [0, 0.1) is 12.7 Å². The van der Waals surface area contributed by atoms with Gasteiger partial charge < -0.3 is 5.32 Å². The summed E-state index contributed by atoms with van der Waals surface area (Å²) in [5.74, 6) is -0.190. The molecule has 0 aromatic heterocycles. The smallest absolute Gasteiger partial charge is 0.123 e. The second kappa shape index (κ2) is 5.19. The van der Waals surface area contributed by atoms with Crippen LogP contribution in [0.2, 0.25) is 5.02 Å². The maximum Gasteiger partial charge on any atom is 0.123 e. The van der Waals surface area contributed by atoms with Gasteiger partial charge in [-0.25, -0.2) is 4.39 Å². The molecule has 0 spiro atoms. The zero-order valence-electron chi connectivity index (χ0n) is 11.4. The summed E-state index contributed by atoms with van der Waals surface area (Å²) in [6, 6.07) is 13.0. The maximum absolute atomic E-state index is 13.1. The van der Waals surface area contributed by atoms with Crippen LogP contribution >= 0.6 is 11.6 Å². The molecule has 1 fully saturated rings. The van der Waals surface area contributed by atoms with E-state index < -0.39 is 0 Å². The summed E-state index contributed by atoms with van der Waals surface area (Å²) in [4.78, 5) is 0. The first-order valence-corrected chi connectivity index (χ1v) is 7.19. The average molecular weight is 290 g/mol. The number of nitrogens with one attached hydrogen (secondary N) is 1. The van der Waals surface area contributed by atoms with Gasteiger partial charge in [0.25, 0.3) is 0 Å². The molecule has 1 aliphatic heterocycles. The van der Waals surface area contributed by atoms with Crippen molar-refractivity contribution in [1.82, 2.24) is 5.32 Å². The quantitative estimate of drug-likeness (QED) is 0.904. The Labute approximate surface area is 123 Å². The van der Waals surface area contributed by atoms with Crippen LogP contribution in [0.5, 0.6) is 0 Å². The van der Waals surface area contributed by atoms with Crippen molar-refractivity contribution < 1.29 is 4.39 Å². The number of aryl methyl sites for hydroxylation is 1. The first-order chi connectivity index (χ1) is 9.59. The van der Waals surface area contributed by atoms with Crippen molar-refractivity contribution in [2.75, 3.05) is 13.1 Å². The van der Waals surface area contributed by atoms with E-state index in [0.717, 1.165) is 30.1 Å². The first-order valence-electron chi connectivity index (χ1n) is 6.81. The predicted octanol–water partition coefficient (Wildman–Crippen LogP) is 3.87. The maximum atomic E-state index is 13.1. The lowest BCUT2D eigenvalue weighted by Crippen LogP contribution is -2.58. The molecule has 0 unspecified atom stereocenters. The molecule has 3 heteroatoms. The van der Waals surface area contributed by atoms with E-state index in [2.05, 4.69) is 17.4 Å². The van der Waals surface area contributed by atoms with E-state index in [1.54, 1.807) is 0 Å². The minimum absolute atomic E-state index is 0.0343. The van der Waals surface area contributed by atoms with E-state index >= 15 is 0 Å². The minimum atomic E-state index is -0.190. The fraction of sp³-hybridized carbons (Fsp3) is 0.294. The van der Waals surface area contributed by atoms with E-state index in [4.69, 9.17) is 11.6 Å². The number of rotatable bonds is 3. The van der Waals surface area contributed by atoms with Gasteiger partial charge in [0.2, 0.25) is 0 Å². The zero-order chi connectivity index (χ0) is 14.2. The van der Waals surface area contributed by atoms with Crippen LogP contribution in [0.4, 0.5) is 4.39 Å². The molecule has 1 N–H and O–H groups in total. The Morgan fingerprint density at radius 1 is 1.15 bits per heavy atom. The van der Waals surface area contributed by atoms with Gasteiger partial charge in [-0.3, -0.25) is 0 Å². The highest BCUT2D eigenvalue weighted by Crippen LogP contribution is 2.34. The van der Waals surface area contributed by atoms with Crippen molar-refractivity contribution in [2.45, 2.75) is 18.8 Å². The molecule has 0 bridgehead atoms. The van der Waals surface area contributed by atoms with E-state index in [1.165, 1.54) is 23.3 Å². The molecule has 2 aromatic carbocycles. The largest absolute Gasteiger partial charge is 0.315 e. The molecule has 0 radical (unpaired) electrons. The van der Waals surface area contributed by atoms with Gasteiger partial charge in [-0.05, 0) is 48.2 Å². The Balaban J connectivity index is 1.91. The molecule has 0 saturated carbocycles. The molecule has 20 heavy (non-hydrogen) atoms. The van der Waals surface area contributed by atoms with Crippen molar-refractivity contribution >= 4 is 11.6 Å². The van der Waals surface area contributed by atoms with Gasteiger partial charge in [-0.1, -0.05) is 35.9 Å². The van der Waals surface area contributed by atoms with E-state index in [9.17, 15) is 4.39 Å². The molecule has 0 amide bonds. The van der Waals surface area contributed by atoms with Crippen molar-refractivity contribution in [2.24, 2.45) is 0 Å². The SMILES string of the molecule is Cc1ccc(CC2(c3ccc(F)cc3)CNC2)c(Cl)c1. The van der Waals surface area contributed by atoms with Crippen molar-refractivity contribution in [3.63, 3.8) is 0 Å². The van der Waals surface area contributed by atoms with E-state index in [-0.39, 0.29) is 11.2 Å². The average Bonchev–Trinajstić information content (AvgIpc) is 2.37. The molecule has 2 aromatic rings. The highest BCUT2D eigenvalue weighted by Gasteiger charge is 2.39. The van der Waals surface area contributed by atoms with Gasteiger partial charge in [0.15, 0.2) is 0 Å². The highest BCUT2D eigenvalue weighted by atomic mass is 35.5. The molecule has 0 aliphatic carbocycles. The zero-order valence-corrected chi connectivity index (χ0v) is 12.2. The van der Waals surface area contributed by atoms with E-state index in [0.29, 0.717) is 0 Å². The monoisotopic (exact) mass is 289 g/mol. The third-order valence-corrected chi connectivity index (χ3v) is 4.47. The molecule has 1 heterocycles. The first kappa shape index (κ1) is 13.6. The summed E-state index contributed by atoms with van der Waals surface area (Å²) in [7, 11) is 0. The summed E-state index contributed by atoms with van der Waals surface area (Å²) >= 11 is 6.35. The summed E-state index contributed by atoms with van der Waals surface area (Å²) in [5.41, 5.74) is 3.53. The fourth-order valence-electron chi connectivity index (χ4n) is 2.82. The molecule has 1 aliphatic rings. The molecule has 3 rings (SSSR count). The summed E-state index contributed by atoms with van der Waals surface area (Å²) in [6.07, 6.45) is 0.880. The topological polar surface area (TPSA) is 12.0 Å². The third-order valence-electron chi connectivity index (χ3n) is 4.12. The third kappa shape index (κ3) is 2.46. The van der Waals surface area contributed by atoms with Gasteiger partial charge in [-0.15, -0.1) is 0 Å². The second-order valence-electron chi connectivity index (χ2n) is 5.66.